The van der Waals surface area contributed by atoms with E-state index in [4.69, 9.17) is 10.8 Å². The van der Waals surface area contributed by atoms with Gasteiger partial charge in [0.1, 0.15) is 6.04 Å². The van der Waals surface area contributed by atoms with Crippen LogP contribution in [0, 0.1) is 0 Å². The average molecular weight is 276 g/mol. The standard InChI is InChI=1S/C13H12N2O5/c14-10(13(19)20)5-7(16)6-15-11(17)8-3-1-2-4-9(8)12(15)18/h1-4,10H,5-6,14H2,(H,19,20). The van der Waals surface area contributed by atoms with E-state index in [1.54, 1.807) is 12.1 Å². The molecule has 1 atom stereocenters. The molecule has 7 nitrogen and oxygen atoms in total. The van der Waals surface area contributed by atoms with Gasteiger partial charge in [0.25, 0.3) is 11.8 Å². The molecule has 0 bridgehead atoms. The molecule has 0 aromatic heterocycles. The Bertz CT molecular complexity index is 576. The second-order valence-corrected chi connectivity index (χ2v) is 4.43. The highest BCUT2D eigenvalue weighted by molar-refractivity contribution is 6.22. The second-order valence-electron chi connectivity index (χ2n) is 4.43. The van der Waals surface area contributed by atoms with Gasteiger partial charge in [-0.2, -0.15) is 0 Å². The van der Waals surface area contributed by atoms with Crippen molar-refractivity contribution in [1.29, 1.82) is 0 Å². The number of carboxylic acids is 1. The van der Waals surface area contributed by atoms with Crippen molar-refractivity contribution in [3.8, 4) is 0 Å². The smallest absolute Gasteiger partial charge is 0.320 e. The Labute approximate surface area is 114 Å². The van der Waals surface area contributed by atoms with Crippen molar-refractivity contribution in [2.45, 2.75) is 12.5 Å². The third-order valence-corrected chi connectivity index (χ3v) is 2.98. The number of rotatable bonds is 5. The summed E-state index contributed by atoms with van der Waals surface area (Å²) in [6, 6.07) is 4.91. The molecule has 1 unspecified atom stereocenters. The van der Waals surface area contributed by atoms with Crippen molar-refractivity contribution in [3.05, 3.63) is 35.4 Å². The van der Waals surface area contributed by atoms with Crippen LogP contribution in [0.25, 0.3) is 0 Å². The number of amides is 2. The van der Waals surface area contributed by atoms with Crippen molar-refractivity contribution < 1.29 is 24.3 Å². The van der Waals surface area contributed by atoms with Gasteiger partial charge < -0.3 is 10.8 Å². The van der Waals surface area contributed by atoms with Crippen LogP contribution in [0.1, 0.15) is 27.1 Å². The van der Waals surface area contributed by atoms with Crippen LogP contribution >= 0.6 is 0 Å². The number of ketones is 1. The van der Waals surface area contributed by atoms with E-state index in [1.165, 1.54) is 12.1 Å². The minimum absolute atomic E-state index is 0.243. The second kappa shape index (κ2) is 5.22. The molecule has 0 saturated carbocycles. The van der Waals surface area contributed by atoms with Crippen LogP contribution in [0.5, 0.6) is 0 Å². The lowest BCUT2D eigenvalue weighted by Gasteiger charge is -2.13. The van der Waals surface area contributed by atoms with Gasteiger partial charge in [-0.15, -0.1) is 0 Å². The number of carbonyl (C=O) groups is 4. The lowest BCUT2D eigenvalue weighted by Crippen LogP contribution is -2.39. The highest BCUT2D eigenvalue weighted by atomic mass is 16.4. The van der Waals surface area contributed by atoms with E-state index in [2.05, 4.69) is 0 Å². The monoisotopic (exact) mass is 276 g/mol. The summed E-state index contributed by atoms with van der Waals surface area (Å²) in [6.07, 6.45) is -0.428. The Kier molecular flexibility index (Phi) is 3.62. The predicted octanol–water partition coefficient (Wildman–Crippen LogP) is -0.346. The van der Waals surface area contributed by atoms with Crippen molar-refractivity contribution in [1.82, 2.24) is 4.90 Å². The Balaban J connectivity index is 2.09. The zero-order valence-electron chi connectivity index (χ0n) is 10.4. The van der Waals surface area contributed by atoms with Gasteiger partial charge in [-0.3, -0.25) is 24.1 Å². The molecule has 2 amide bonds. The molecular weight excluding hydrogens is 264 g/mol. The number of hydrogen-bond acceptors (Lipinski definition) is 5. The van der Waals surface area contributed by atoms with E-state index in [1.807, 2.05) is 0 Å². The molecular formula is C13H12N2O5. The first-order valence-electron chi connectivity index (χ1n) is 5.87. The van der Waals surface area contributed by atoms with Gasteiger partial charge in [-0.25, -0.2) is 0 Å². The van der Waals surface area contributed by atoms with E-state index in [0.717, 1.165) is 4.90 Å². The third kappa shape index (κ3) is 2.43. The molecule has 3 N–H and O–H groups in total. The Morgan fingerprint density at radius 2 is 1.65 bits per heavy atom. The molecule has 1 aliphatic rings. The molecule has 1 heterocycles. The average Bonchev–Trinajstić information content (AvgIpc) is 2.64. The van der Waals surface area contributed by atoms with Crippen molar-refractivity contribution in [3.63, 3.8) is 0 Å². The first kappa shape index (κ1) is 13.9. The van der Waals surface area contributed by atoms with E-state index >= 15 is 0 Å². The number of fused-ring (bicyclic) bond motifs is 1. The maximum Gasteiger partial charge on any atom is 0.320 e. The fraction of sp³-hybridized carbons (Fsp3) is 0.231. The lowest BCUT2D eigenvalue weighted by atomic mass is 10.1. The topological polar surface area (TPSA) is 118 Å². The maximum atomic E-state index is 12.0. The minimum atomic E-state index is -1.34. The van der Waals surface area contributed by atoms with Crippen molar-refractivity contribution in [2.75, 3.05) is 6.54 Å². The number of hydrogen-bond donors (Lipinski definition) is 2. The first-order valence-corrected chi connectivity index (χ1v) is 5.87. The largest absolute Gasteiger partial charge is 0.480 e. The Morgan fingerprint density at radius 1 is 1.15 bits per heavy atom. The van der Waals surface area contributed by atoms with Gasteiger partial charge in [0.2, 0.25) is 0 Å². The van der Waals surface area contributed by atoms with E-state index in [-0.39, 0.29) is 11.1 Å². The zero-order chi connectivity index (χ0) is 14.9. The molecule has 0 radical (unpaired) electrons. The summed E-state index contributed by atoms with van der Waals surface area (Å²) in [5, 5.41) is 8.61. The quantitative estimate of drug-likeness (QED) is 0.710. The van der Waals surface area contributed by atoms with Crippen LogP contribution in [0.3, 0.4) is 0 Å². The summed E-state index contributed by atoms with van der Waals surface area (Å²) >= 11 is 0. The number of nitrogens with two attached hydrogens (primary N) is 1. The number of benzene rings is 1. The summed E-state index contributed by atoms with van der Waals surface area (Å²) in [6.45, 7) is -0.465. The third-order valence-electron chi connectivity index (χ3n) is 2.98. The number of imide groups is 1. The van der Waals surface area contributed by atoms with Gasteiger partial charge in [0.05, 0.1) is 17.7 Å². The van der Waals surface area contributed by atoms with Crippen LogP contribution in [0.2, 0.25) is 0 Å². The molecule has 104 valence electrons. The molecule has 20 heavy (non-hydrogen) atoms. The summed E-state index contributed by atoms with van der Waals surface area (Å²) in [5.41, 5.74) is 5.72. The van der Waals surface area contributed by atoms with E-state index < -0.39 is 42.6 Å². The van der Waals surface area contributed by atoms with Crippen molar-refractivity contribution >= 4 is 23.6 Å². The van der Waals surface area contributed by atoms with E-state index in [0.29, 0.717) is 0 Å². The lowest BCUT2D eigenvalue weighted by molar-refractivity contribution is -0.140. The number of aliphatic carboxylic acids is 1. The predicted molar refractivity (Wildman–Crippen MR) is 67.0 cm³/mol. The first-order chi connectivity index (χ1) is 9.41. The van der Waals surface area contributed by atoms with E-state index in [9.17, 15) is 19.2 Å². The van der Waals surface area contributed by atoms with Gasteiger partial charge in [0.15, 0.2) is 5.78 Å². The Hall–Kier alpha value is -2.54. The van der Waals surface area contributed by atoms with Gasteiger partial charge >= 0.3 is 5.97 Å². The normalized spacial score (nSPS) is 15.2. The molecule has 0 saturated heterocycles. The fourth-order valence-electron chi connectivity index (χ4n) is 1.96. The minimum Gasteiger partial charge on any atom is -0.480 e. The van der Waals surface area contributed by atoms with Crippen LogP contribution in [-0.4, -0.2) is 46.2 Å². The molecule has 1 aliphatic heterocycles. The van der Waals surface area contributed by atoms with Gasteiger partial charge in [-0.05, 0) is 12.1 Å². The molecule has 2 rings (SSSR count). The van der Waals surface area contributed by atoms with Crippen molar-refractivity contribution in [2.24, 2.45) is 5.73 Å². The summed E-state index contributed by atoms with van der Waals surface area (Å²) in [7, 11) is 0. The molecule has 7 heteroatoms. The molecule has 0 aliphatic carbocycles. The molecule has 1 aromatic rings. The maximum absolute atomic E-state index is 12.0. The highest BCUT2D eigenvalue weighted by Gasteiger charge is 2.36. The molecule has 1 aromatic carbocycles. The highest BCUT2D eigenvalue weighted by Crippen LogP contribution is 2.22. The fourth-order valence-corrected chi connectivity index (χ4v) is 1.96. The van der Waals surface area contributed by atoms with Gasteiger partial charge in [-0.1, -0.05) is 12.1 Å². The number of Topliss-reactive ketones (excluding diaryl/α,β-unsaturated/α-hetero) is 1. The SMILES string of the molecule is NC(CC(=O)CN1C(=O)c2ccccc2C1=O)C(=O)O. The zero-order valence-corrected chi connectivity index (χ0v) is 10.4. The van der Waals surface area contributed by atoms with Gasteiger partial charge in [0, 0.05) is 6.42 Å². The summed E-state index contributed by atoms with van der Waals surface area (Å²) in [5.74, 6) is -2.99. The summed E-state index contributed by atoms with van der Waals surface area (Å²) in [4.78, 5) is 47.0. The number of carboxylic acid groups (broad SMARTS) is 1. The number of carbonyl (C=O) groups excluding carboxylic acids is 3. The molecule has 0 spiro atoms. The van der Waals surface area contributed by atoms with Crippen LogP contribution in [-0.2, 0) is 9.59 Å². The Morgan fingerprint density at radius 3 is 2.10 bits per heavy atom. The van der Waals surface area contributed by atoms with Crippen LogP contribution in [0.4, 0.5) is 0 Å². The summed E-state index contributed by atoms with van der Waals surface area (Å²) < 4.78 is 0. The number of nitrogens with zero attached hydrogens (tertiary/aromatic N) is 1. The van der Waals surface area contributed by atoms with Crippen LogP contribution in [0.15, 0.2) is 24.3 Å². The molecule has 0 fully saturated rings. The van der Waals surface area contributed by atoms with Crippen LogP contribution < -0.4 is 5.73 Å².